The molecule has 0 fully saturated rings. The van der Waals surface area contributed by atoms with E-state index >= 15 is 0 Å². The largest absolute Gasteiger partial charge is 0.493 e. The number of rotatable bonds is 5. The molecule has 0 saturated carbocycles. The van der Waals surface area contributed by atoms with Crippen molar-refractivity contribution in [2.75, 3.05) is 18.1 Å². The van der Waals surface area contributed by atoms with Crippen LogP contribution in [0.2, 0.25) is 5.02 Å². The molecule has 2 aromatic carbocycles. The van der Waals surface area contributed by atoms with Crippen LogP contribution in [0, 0.1) is 0 Å². The van der Waals surface area contributed by atoms with Crippen molar-refractivity contribution in [2.24, 2.45) is 0 Å². The maximum absolute atomic E-state index is 5.89. The van der Waals surface area contributed by atoms with Gasteiger partial charge in [0.2, 0.25) is 0 Å². The maximum atomic E-state index is 5.89. The molecule has 0 spiro atoms. The van der Waals surface area contributed by atoms with Crippen LogP contribution in [-0.2, 0) is 0 Å². The monoisotopic (exact) mass is 357 g/mol. The third-order valence-electron chi connectivity index (χ3n) is 2.36. The van der Waals surface area contributed by atoms with E-state index in [1.54, 1.807) is 11.8 Å². The Hall–Kier alpha value is -0.840. The lowest BCUT2D eigenvalue weighted by atomic mass is 10.3. The second-order valence-electron chi connectivity index (χ2n) is 3.84. The molecule has 100 valence electrons. The van der Waals surface area contributed by atoms with Crippen LogP contribution in [0.3, 0.4) is 0 Å². The van der Waals surface area contributed by atoms with Gasteiger partial charge in [0.15, 0.2) is 0 Å². The topological polar surface area (TPSA) is 35.2 Å². The smallest absolute Gasteiger partial charge is 0.120 e. The highest BCUT2D eigenvalue weighted by Crippen LogP contribution is 2.29. The standard InChI is InChI=1S/C14H13BrClNOS/c15-13-9-11(17)4-5-14(13)19-7-6-18-12-3-1-2-10(16)8-12/h1-5,8-9H,6-7,17H2. The van der Waals surface area contributed by atoms with Crippen LogP contribution in [0.25, 0.3) is 0 Å². The van der Waals surface area contributed by atoms with E-state index in [-0.39, 0.29) is 0 Å². The molecule has 2 rings (SSSR count). The summed E-state index contributed by atoms with van der Waals surface area (Å²) in [4.78, 5) is 1.16. The Balaban J connectivity index is 1.81. The number of thioether (sulfide) groups is 1. The van der Waals surface area contributed by atoms with E-state index in [1.807, 2.05) is 42.5 Å². The van der Waals surface area contributed by atoms with E-state index in [9.17, 15) is 0 Å². The minimum atomic E-state index is 0.627. The van der Waals surface area contributed by atoms with E-state index in [0.717, 1.165) is 26.6 Å². The zero-order valence-electron chi connectivity index (χ0n) is 10.1. The summed E-state index contributed by atoms with van der Waals surface area (Å²) in [5.74, 6) is 1.65. The van der Waals surface area contributed by atoms with Gasteiger partial charge in [0.1, 0.15) is 5.75 Å². The zero-order valence-corrected chi connectivity index (χ0v) is 13.3. The SMILES string of the molecule is Nc1ccc(SCCOc2cccc(Cl)c2)c(Br)c1. The predicted octanol–water partition coefficient (Wildman–Crippen LogP) is 4.86. The van der Waals surface area contributed by atoms with Gasteiger partial charge in [-0.05, 0) is 52.3 Å². The van der Waals surface area contributed by atoms with Gasteiger partial charge in [0.05, 0.1) is 6.61 Å². The van der Waals surface area contributed by atoms with Crippen LogP contribution in [0.4, 0.5) is 5.69 Å². The number of halogens is 2. The summed E-state index contributed by atoms with van der Waals surface area (Å²) in [5.41, 5.74) is 6.45. The summed E-state index contributed by atoms with van der Waals surface area (Å²) in [6.45, 7) is 0.627. The fourth-order valence-electron chi connectivity index (χ4n) is 1.50. The second kappa shape index (κ2) is 7.08. The lowest BCUT2D eigenvalue weighted by molar-refractivity contribution is 0.344. The van der Waals surface area contributed by atoms with Crippen molar-refractivity contribution < 1.29 is 4.74 Å². The molecule has 0 amide bonds. The maximum Gasteiger partial charge on any atom is 0.120 e. The quantitative estimate of drug-likeness (QED) is 0.471. The lowest BCUT2D eigenvalue weighted by Gasteiger charge is -2.07. The van der Waals surface area contributed by atoms with Crippen LogP contribution < -0.4 is 10.5 Å². The van der Waals surface area contributed by atoms with Crippen molar-refractivity contribution in [1.29, 1.82) is 0 Å². The van der Waals surface area contributed by atoms with Crippen molar-refractivity contribution in [1.82, 2.24) is 0 Å². The molecule has 0 atom stereocenters. The molecular formula is C14H13BrClNOS. The van der Waals surface area contributed by atoms with Crippen LogP contribution >= 0.6 is 39.3 Å². The van der Waals surface area contributed by atoms with Gasteiger partial charge in [-0.2, -0.15) is 0 Å². The van der Waals surface area contributed by atoms with Crippen molar-refractivity contribution in [2.45, 2.75) is 4.90 Å². The molecule has 0 bridgehead atoms. The van der Waals surface area contributed by atoms with Crippen molar-refractivity contribution in [3.05, 3.63) is 52.0 Å². The normalized spacial score (nSPS) is 10.4. The van der Waals surface area contributed by atoms with Gasteiger partial charge >= 0.3 is 0 Å². The Bertz CT molecular complexity index is 565. The van der Waals surface area contributed by atoms with Crippen molar-refractivity contribution >= 4 is 45.0 Å². The fourth-order valence-corrected chi connectivity index (χ4v) is 3.17. The molecule has 2 aromatic rings. The van der Waals surface area contributed by atoms with Gasteiger partial charge in [0.25, 0.3) is 0 Å². The van der Waals surface area contributed by atoms with Crippen molar-refractivity contribution in [3.8, 4) is 5.75 Å². The first-order valence-corrected chi connectivity index (χ1v) is 7.87. The zero-order chi connectivity index (χ0) is 13.7. The van der Waals surface area contributed by atoms with E-state index in [2.05, 4.69) is 15.9 Å². The average molecular weight is 359 g/mol. The molecule has 0 aromatic heterocycles. The van der Waals surface area contributed by atoms with Gasteiger partial charge in [-0.1, -0.05) is 17.7 Å². The van der Waals surface area contributed by atoms with Crippen LogP contribution in [0.1, 0.15) is 0 Å². The minimum Gasteiger partial charge on any atom is -0.493 e. The molecule has 0 aliphatic heterocycles. The molecule has 2 nitrogen and oxygen atoms in total. The molecule has 2 N–H and O–H groups in total. The summed E-state index contributed by atoms with van der Waals surface area (Å²) in [6, 6.07) is 13.2. The molecular weight excluding hydrogens is 346 g/mol. The molecule has 0 aliphatic rings. The second-order valence-corrected chi connectivity index (χ2v) is 6.27. The highest BCUT2D eigenvalue weighted by atomic mass is 79.9. The summed E-state index contributed by atoms with van der Waals surface area (Å²) >= 11 is 11.1. The van der Waals surface area contributed by atoms with Gasteiger partial charge in [-0.15, -0.1) is 11.8 Å². The molecule has 0 radical (unpaired) electrons. The van der Waals surface area contributed by atoms with Gasteiger partial charge in [-0.3, -0.25) is 0 Å². The fraction of sp³-hybridized carbons (Fsp3) is 0.143. The Kier molecular flexibility index (Phi) is 5.43. The van der Waals surface area contributed by atoms with Crippen LogP contribution in [0.15, 0.2) is 51.8 Å². The minimum absolute atomic E-state index is 0.627. The Labute approximate surface area is 130 Å². The molecule has 0 unspecified atom stereocenters. The number of anilines is 1. The molecule has 0 heterocycles. The number of ether oxygens (including phenoxy) is 1. The first-order valence-electron chi connectivity index (χ1n) is 5.71. The summed E-state index contributed by atoms with van der Waals surface area (Å²) in [6.07, 6.45) is 0. The summed E-state index contributed by atoms with van der Waals surface area (Å²) in [7, 11) is 0. The molecule has 5 heteroatoms. The van der Waals surface area contributed by atoms with Crippen molar-refractivity contribution in [3.63, 3.8) is 0 Å². The summed E-state index contributed by atoms with van der Waals surface area (Å²) < 4.78 is 6.64. The Morgan fingerprint density at radius 3 is 2.79 bits per heavy atom. The van der Waals surface area contributed by atoms with Gasteiger partial charge < -0.3 is 10.5 Å². The Morgan fingerprint density at radius 1 is 1.21 bits per heavy atom. The van der Waals surface area contributed by atoms with Crippen LogP contribution in [-0.4, -0.2) is 12.4 Å². The molecule has 0 saturated heterocycles. The predicted molar refractivity (Wildman–Crippen MR) is 86.2 cm³/mol. The first-order chi connectivity index (χ1) is 9.15. The van der Waals surface area contributed by atoms with E-state index in [1.165, 1.54) is 0 Å². The average Bonchev–Trinajstić information content (AvgIpc) is 2.37. The lowest BCUT2D eigenvalue weighted by Crippen LogP contribution is -2.00. The van der Waals surface area contributed by atoms with Crippen LogP contribution in [0.5, 0.6) is 5.75 Å². The first kappa shape index (κ1) is 14.6. The number of hydrogen-bond donors (Lipinski definition) is 1. The summed E-state index contributed by atoms with van der Waals surface area (Å²) in [5, 5.41) is 0.687. The number of benzene rings is 2. The third-order valence-corrected chi connectivity index (χ3v) is 4.55. The van der Waals surface area contributed by atoms with Gasteiger partial charge in [0, 0.05) is 25.8 Å². The molecule has 19 heavy (non-hydrogen) atoms. The Morgan fingerprint density at radius 2 is 2.05 bits per heavy atom. The third kappa shape index (κ3) is 4.64. The highest BCUT2D eigenvalue weighted by Gasteiger charge is 2.01. The van der Waals surface area contributed by atoms with E-state index < -0.39 is 0 Å². The van der Waals surface area contributed by atoms with E-state index in [4.69, 9.17) is 22.1 Å². The highest BCUT2D eigenvalue weighted by molar-refractivity contribution is 9.10. The number of nitrogens with two attached hydrogens (primary N) is 1. The number of nitrogen functional groups attached to an aromatic ring is 1. The molecule has 0 aliphatic carbocycles. The number of hydrogen-bond acceptors (Lipinski definition) is 3. The van der Waals surface area contributed by atoms with E-state index in [0.29, 0.717) is 11.6 Å². The van der Waals surface area contributed by atoms with Gasteiger partial charge in [-0.25, -0.2) is 0 Å².